The van der Waals surface area contributed by atoms with E-state index in [1.54, 1.807) is 24.5 Å². The van der Waals surface area contributed by atoms with Gasteiger partial charge in [-0.2, -0.15) is 0 Å². The molecule has 118 valence electrons. The molecule has 0 saturated carbocycles. The highest BCUT2D eigenvalue weighted by atomic mass is 16.5. The van der Waals surface area contributed by atoms with Crippen LogP contribution in [0.1, 0.15) is 18.4 Å². The number of hydrogen-bond acceptors (Lipinski definition) is 4. The average molecular weight is 309 g/mol. The first-order chi connectivity index (χ1) is 11.3. The number of rotatable bonds is 4. The Labute approximate surface area is 135 Å². The molecular formula is C18H19N3O2. The predicted octanol–water partition coefficient (Wildman–Crippen LogP) is 2.56. The lowest BCUT2D eigenvalue weighted by Crippen LogP contribution is -2.41. The molecule has 2 heterocycles. The van der Waals surface area contributed by atoms with Crippen LogP contribution in [-0.2, 0) is 4.79 Å². The van der Waals surface area contributed by atoms with Gasteiger partial charge in [-0.05, 0) is 17.7 Å². The molecule has 0 atom stereocenters. The molecule has 1 saturated heterocycles. The van der Waals surface area contributed by atoms with Crippen molar-refractivity contribution in [3.8, 4) is 6.01 Å². The summed E-state index contributed by atoms with van der Waals surface area (Å²) < 4.78 is 5.73. The van der Waals surface area contributed by atoms with E-state index in [2.05, 4.69) is 9.97 Å². The highest BCUT2D eigenvalue weighted by Gasteiger charge is 2.23. The molecule has 1 fully saturated rings. The van der Waals surface area contributed by atoms with Crippen molar-refractivity contribution in [3.63, 3.8) is 0 Å². The van der Waals surface area contributed by atoms with Crippen LogP contribution in [0.2, 0.25) is 0 Å². The zero-order chi connectivity index (χ0) is 15.9. The number of carbonyl (C=O) groups excluding carboxylic acids is 1. The van der Waals surface area contributed by atoms with Gasteiger partial charge in [-0.3, -0.25) is 4.79 Å². The smallest absolute Gasteiger partial charge is 0.316 e. The van der Waals surface area contributed by atoms with Gasteiger partial charge in [-0.15, -0.1) is 0 Å². The summed E-state index contributed by atoms with van der Waals surface area (Å²) in [7, 11) is 0. The average Bonchev–Trinajstić information content (AvgIpc) is 2.62. The molecule has 1 aliphatic heterocycles. The van der Waals surface area contributed by atoms with Crippen LogP contribution in [0.15, 0.2) is 54.9 Å². The largest absolute Gasteiger partial charge is 0.460 e. The van der Waals surface area contributed by atoms with Crippen LogP contribution in [0, 0.1) is 0 Å². The van der Waals surface area contributed by atoms with Crippen LogP contribution in [-0.4, -0.2) is 40.0 Å². The Bertz CT molecular complexity index is 650. The molecule has 5 nitrogen and oxygen atoms in total. The van der Waals surface area contributed by atoms with Gasteiger partial charge in [0.25, 0.3) is 0 Å². The third kappa shape index (κ3) is 4.39. The van der Waals surface area contributed by atoms with Crippen LogP contribution in [0.3, 0.4) is 0 Å². The summed E-state index contributed by atoms with van der Waals surface area (Å²) in [4.78, 5) is 22.2. The first-order valence-corrected chi connectivity index (χ1v) is 7.77. The minimum Gasteiger partial charge on any atom is -0.460 e. The van der Waals surface area contributed by atoms with Crippen LogP contribution in [0.4, 0.5) is 0 Å². The zero-order valence-electron chi connectivity index (χ0n) is 12.8. The summed E-state index contributed by atoms with van der Waals surface area (Å²) >= 11 is 0. The van der Waals surface area contributed by atoms with Crippen molar-refractivity contribution in [2.45, 2.75) is 18.9 Å². The minimum absolute atomic E-state index is 0.0447. The van der Waals surface area contributed by atoms with Gasteiger partial charge in [-0.1, -0.05) is 30.3 Å². The predicted molar refractivity (Wildman–Crippen MR) is 87.7 cm³/mol. The fourth-order valence-electron chi connectivity index (χ4n) is 2.53. The van der Waals surface area contributed by atoms with Crippen molar-refractivity contribution in [1.29, 1.82) is 0 Å². The number of hydrogen-bond donors (Lipinski definition) is 0. The van der Waals surface area contributed by atoms with Gasteiger partial charge in [0.05, 0.1) is 0 Å². The van der Waals surface area contributed by atoms with E-state index in [9.17, 15) is 4.79 Å². The molecule has 23 heavy (non-hydrogen) atoms. The molecular weight excluding hydrogens is 290 g/mol. The van der Waals surface area contributed by atoms with Crippen molar-refractivity contribution in [3.05, 3.63) is 60.4 Å². The Morgan fingerprint density at radius 1 is 1.09 bits per heavy atom. The normalized spacial score (nSPS) is 15.7. The van der Waals surface area contributed by atoms with Gasteiger partial charge in [0.1, 0.15) is 6.10 Å². The van der Waals surface area contributed by atoms with E-state index < -0.39 is 0 Å². The topological polar surface area (TPSA) is 55.3 Å². The maximum absolute atomic E-state index is 12.2. The van der Waals surface area contributed by atoms with Gasteiger partial charge in [0, 0.05) is 44.4 Å². The van der Waals surface area contributed by atoms with Crippen molar-refractivity contribution >= 4 is 12.0 Å². The van der Waals surface area contributed by atoms with Crippen molar-refractivity contribution < 1.29 is 9.53 Å². The highest BCUT2D eigenvalue weighted by Crippen LogP contribution is 2.16. The van der Waals surface area contributed by atoms with E-state index in [-0.39, 0.29) is 12.0 Å². The van der Waals surface area contributed by atoms with E-state index in [0.717, 1.165) is 18.4 Å². The first kappa shape index (κ1) is 15.2. The molecule has 5 heteroatoms. The lowest BCUT2D eigenvalue weighted by molar-refractivity contribution is -0.127. The monoisotopic (exact) mass is 309 g/mol. The number of aromatic nitrogens is 2. The first-order valence-electron chi connectivity index (χ1n) is 7.77. The molecule has 1 amide bonds. The maximum atomic E-state index is 12.2. The molecule has 0 unspecified atom stereocenters. The summed E-state index contributed by atoms with van der Waals surface area (Å²) in [5, 5.41) is 0. The van der Waals surface area contributed by atoms with Gasteiger partial charge in [0.2, 0.25) is 5.91 Å². The van der Waals surface area contributed by atoms with Gasteiger partial charge in [-0.25, -0.2) is 9.97 Å². The number of nitrogens with zero attached hydrogens (tertiary/aromatic N) is 3. The van der Waals surface area contributed by atoms with Gasteiger partial charge in [0.15, 0.2) is 0 Å². The van der Waals surface area contributed by atoms with Crippen molar-refractivity contribution in [2.24, 2.45) is 0 Å². The number of benzene rings is 1. The second-order valence-electron chi connectivity index (χ2n) is 5.42. The second-order valence-corrected chi connectivity index (χ2v) is 5.42. The molecule has 2 aromatic rings. The second kappa shape index (κ2) is 7.54. The molecule has 0 spiro atoms. The maximum Gasteiger partial charge on any atom is 0.316 e. The molecule has 0 radical (unpaired) electrons. The van der Waals surface area contributed by atoms with E-state index in [1.807, 2.05) is 41.3 Å². The number of amides is 1. The van der Waals surface area contributed by atoms with Gasteiger partial charge < -0.3 is 9.64 Å². The van der Waals surface area contributed by atoms with Gasteiger partial charge >= 0.3 is 6.01 Å². The third-order valence-corrected chi connectivity index (χ3v) is 3.79. The molecule has 0 aliphatic carbocycles. The molecule has 0 bridgehead atoms. The van der Waals surface area contributed by atoms with Crippen LogP contribution < -0.4 is 4.74 Å². The Hall–Kier alpha value is -2.69. The van der Waals surface area contributed by atoms with Crippen LogP contribution >= 0.6 is 0 Å². The number of ether oxygens (including phenoxy) is 1. The summed E-state index contributed by atoms with van der Waals surface area (Å²) in [6.07, 6.45) is 8.47. The van der Waals surface area contributed by atoms with E-state index in [0.29, 0.717) is 19.1 Å². The Balaban J connectivity index is 1.48. The molecule has 1 aliphatic rings. The van der Waals surface area contributed by atoms with E-state index in [1.165, 1.54) is 0 Å². The summed E-state index contributed by atoms with van der Waals surface area (Å²) in [5.41, 5.74) is 1.03. The van der Waals surface area contributed by atoms with E-state index in [4.69, 9.17) is 4.74 Å². The number of carbonyl (C=O) groups is 1. The van der Waals surface area contributed by atoms with Crippen LogP contribution in [0.25, 0.3) is 6.08 Å². The highest BCUT2D eigenvalue weighted by molar-refractivity contribution is 5.91. The molecule has 1 aromatic heterocycles. The quantitative estimate of drug-likeness (QED) is 0.815. The third-order valence-electron chi connectivity index (χ3n) is 3.79. The molecule has 0 N–H and O–H groups in total. The fourth-order valence-corrected chi connectivity index (χ4v) is 2.53. The van der Waals surface area contributed by atoms with Crippen LogP contribution in [0.5, 0.6) is 6.01 Å². The Morgan fingerprint density at radius 2 is 1.78 bits per heavy atom. The number of likely N-dealkylation sites (tertiary alicyclic amines) is 1. The number of piperidine rings is 1. The Kier molecular flexibility index (Phi) is 4.99. The lowest BCUT2D eigenvalue weighted by atomic mass is 10.1. The zero-order valence-corrected chi connectivity index (χ0v) is 12.8. The fraction of sp³-hybridized carbons (Fsp3) is 0.278. The standard InChI is InChI=1S/C18H19N3O2/c22-17(8-7-15-5-2-1-3-6-15)21-13-9-16(10-14-21)23-18-19-11-4-12-20-18/h1-8,11-12,16H,9-10,13-14H2/b8-7+. The van der Waals surface area contributed by atoms with E-state index >= 15 is 0 Å². The Morgan fingerprint density at radius 3 is 2.48 bits per heavy atom. The lowest BCUT2D eigenvalue weighted by Gasteiger charge is -2.30. The summed E-state index contributed by atoms with van der Waals surface area (Å²) in [6.45, 7) is 1.38. The summed E-state index contributed by atoms with van der Waals surface area (Å²) in [5.74, 6) is 0.0447. The SMILES string of the molecule is O=C(/C=C/c1ccccc1)N1CCC(Oc2ncccn2)CC1. The summed E-state index contributed by atoms with van der Waals surface area (Å²) in [6, 6.07) is 12.0. The van der Waals surface area contributed by atoms with Crippen molar-refractivity contribution in [1.82, 2.24) is 14.9 Å². The minimum atomic E-state index is 0.0447. The molecule has 3 rings (SSSR count). The van der Waals surface area contributed by atoms with Crippen molar-refractivity contribution in [2.75, 3.05) is 13.1 Å². The molecule has 1 aromatic carbocycles.